The zero-order valence-electron chi connectivity index (χ0n) is 17.6. The summed E-state index contributed by atoms with van der Waals surface area (Å²) in [7, 11) is 1.67. The molecule has 1 aliphatic rings. The fourth-order valence-electron chi connectivity index (χ4n) is 2.91. The second kappa shape index (κ2) is 10.4. The second-order valence-corrected chi connectivity index (χ2v) is 8.16. The average Bonchev–Trinajstić information content (AvgIpc) is 2.63. The number of likely N-dealkylation sites (N-methyl/N-ethyl adjacent to an activating group) is 1. The normalized spacial score (nSPS) is 17.2. The Hall–Kier alpha value is -1.89. The molecule has 1 aliphatic heterocycles. The minimum Gasteiger partial charge on any atom is -0.463 e. The molecule has 0 aromatic carbocycles. The summed E-state index contributed by atoms with van der Waals surface area (Å²) < 4.78 is 4.95. The van der Waals surface area contributed by atoms with Gasteiger partial charge in [0.25, 0.3) is 0 Å². The van der Waals surface area contributed by atoms with Crippen LogP contribution in [0.15, 0.2) is 11.6 Å². The second-order valence-electron chi connectivity index (χ2n) is 8.16. The summed E-state index contributed by atoms with van der Waals surface area (Å²) in [4.78, 5) is 38.8. The van der Waals surface area contributed by atoms with E-state index in [0.717, 1.165) is 25.9 Å². The molecule has 7 heteroatoms. The van der Waals surface area contributed by atoms with Crippen LogP contribution >= 0.6 is 0 Å². The summed E-state index contributed by atoms with van der Waals surface area (Å²) in [6.07, 6.45) is 3.24. The Morgan fingerprint density at radius 3 is 2.37 bits per heavy atom. The number of ether oxygens (including phenoxy) is 1. The van der Waals surface area contributed by atoms with Gasteiger partial charge in [0.2, 0.25) is 11.8 Å². The van der Waals surface area contributed by atoms with E-state index in [4.69, 9.17) is 4.74 Å². The first-order valence-corrected chi connectivity index (χ1v) is 9.67. The number of hydrogen-bond donors (Lipinski definition) is 2. The molecule has 7 nitrogen and oxygen atoms in total. The molecular formula is C20H35N3O4. The number of amides is 2. The molecule has 0 saturated carbocycles. The third-order valence-corrected chi connectivity index (χ3v) is 4.75. The Morgan fingerprint density at radius 1 is 1.26 bits per heavy atom. The van der Waals surface area contributed by atoms with Crippen molar-refractivity contribution in [1.29, 1.82) is 0 Å². The van der Waals surface area contributed by atoms with Crippen molar-refractivity contribution in [2.24, 2.45) is 11.3 Å². The van der Waals surface area contributed by atoms with Gasteiger partial charge in [-0.15, -0.1) is 0 Å². The van der Waals surface area contributed by atoms with Crippen molar-refractivity contribution in [3.05, 3.63) is 11.6 Å². The molecule has 2 amide bonds. The summed E-state index contributed by atoms with van der Waals surface area (Å²) in [5.74, 6) is -0.667. The molecule has 0 radical (unpaired) electrons. The molecular weight excluding hydrogens is 346 g/mol. The van der Waals surface area contributed by atoms with Gasteiger partial charge >= 0.3 is 5.97 Å². The van der Waals surface area contributed by atoms with Crippen molar-refractivity contribution in [2.45, 2.75) is 53.5 Å². The number of nitrogens with one attached hydrogen (secondary N) is 2. The third-order valence-electron chi connectivity index (χ3n) is 4.75. The summed E-state index contributed by atoms with van der Waals surface area (Å²) in [5.41, 5.74) is 0.0379. The Morgan fingerprint density at radius 2 is 1.85 bits per heavy atom. The van der Waals surface area contributed by atoms with Gasteiger partial charge in [0.05, 0.1) is 6.61 Å². The van der Waals surface area contributed by atoms with E-state index < -0.39 is 11.5 Å². The highest BCUT2D eigenvalue weighted by atomic mass is 16.5. The van der Waals surface area contributed by atoms with E-state index in [1.54, 1.807) is 27.0 Å². The fraction of sp³-hybridized carbons (Fsp3) is 0.750. The van der Waals surface area contributed by atoms with Gasteiger partial charge < -0.3 is 20.3 Å². The number of carbonyl (C=O) groups excluding carboxylic acids is 3. The number of esters is 1. The molecule has 1 unspecified atom stereocenters. The van der Waals surface area contributed by atoms with Crippen LogP contribution in [0.3, 0.4) is 0 Å². The zero-order chi connectivity index (χ0) is 20.6. The molecule has 1 heterocycles. The van der Waals surface area contributed by atoms with Crippen molar-refractivity contribution in [1.82, 2.24) is 15.5 Å². The molecule has 0 aromatic rings. The number of carbonyl (C=O) groups is 3. The molecule has 0 aliphatic carbocycles. The largest absolute Gasteiger partial charge is 0.463 e. The van der Waals surface area contributed by atoms with Crippen LogP contribution in [0.1, 0.15) is 47.5 Å². The van der Waals surface area contributed by atoms with E-state index in [1.165, 1.54) is 4.90 Å². The lowest BCUT2D eigenvalue weighted by molar-refractivity contribution is -0.139. The number of rotatable bonds is 7. The molecule has 2 N–H and O–H groups in total. The van der Waals surface area contributed by atoms with Gasteiger partial charge in [0.15, 0.2) is 0 Å². The van der Waals surface area contributed by atoms with Gasteiger partial charge in [-0.2, -0.15) is 0 Å². The lowest BCUT2D eigenvalue weighted by atomic mass is 9.85. The maximum atomic E-state index is 13.0. The van der Waals surface area contributed by atoms with Crippen LogP contribution in [-0.2, 0) is 19.1 Å². The molecule has 1 rings (SSSR count). The number of hydrogen-bond acceptors (Lipinski definition) is 5. The number of nitrogens with zero attached hydrogens (tertiary/aromatic N) is 1. The average molecular weight is 382 g/mol. The Balaban J connectivity index is 2.77. The summed E-state index contributed by atoms with van der Waals surface area (Å²) in [5, 5.41) is 6.21. The third kappa shape index (κ3) is 7.33. The van der Waals surface area contributed by atoms with Crippen LogP contribution in [0, 0.1) is 11.3 Å². The molecule has 1 fully saturated rings. The Kier molecular flexibility index (Phi) is 8.96. The maximum Gasteiger partial charge on any atom is 0.333 e. The summed E-state index contributed by atoms with van der Waals surface area (Å²) in [6, 6.07) is -0.624. The van der Waals surface area contributed by atoms with Crippen LogP contribution in [0.25, 0.3) is 0 Å². The topological polar surface area (TPSA) is 87.7 Å². The van der Waals surface area contributed by atoms with Gasteiger partial charge in [0.1, 0.15) is 6.04 Å². The minimum atomic E-state index is -0.624. The fourth-order valence-corrected chi connectivity index (χ4v) is 2.91. The molecule has 1 atom stereocenters. The number of piperidine rings is 1. The van der Waals surface area contributed by atoms with Crippen molar-refractivity contribution >= 4 is 17.8 Å². The summed E-state index contributed by atoms with van der Waals surface area (Å²) >= 11 is 0. The molecule has 0 bridgehead atoms. The van der Waals surface area contributed by atoms with Crippen molar-refractivity contribution < 1.29 is 19.1 Å². The van der Waals surface area contributed by atoms with Crippen molar-refractivity contribution in [3.63, 3.8) is 0 Å². The lowest BCUT2D eigenvalue weighted by Gasteiger charge is -2.34. The maximum absolute atomic E-state index is 13.0. The Labute approximate surface area is 162 Å². The van der Waals surface area contributed by atoms with Gasteiger partial charge in [-0.3, -0.25) is 9.59 Å². The van der Waals surface area contributed by atoms with E-state index in [2.05, 4.69) is 10.6 Å². The van der Waals surface area contributed by atoms with Gasteiger partial charge in [-0.05, 0) is 45.2 Å². The molecule has 154 valence electrons. The predicted octanol–water partition coefficient (Wildman–Crippen LogP) is 1.48. The highest BCUT2D eigenvalue weighted by Crippen LogP contribution is 2.22. The predicted molar refractivity (Wildman–Crippen MR) is 105 cm³/mol. The van der Waals surface area contributed by atoms with Gasteiger partial charge in [0, 0.05) is 25.1 Å². The van der Waals surface area contributed by atoms with E-state index in [9.17, 15) is 14.4 Å². The molecule has 27 heavy (non-hydrogen) atoms. The minimum absolute atomic E-state index is 0.0554. The highest BCUT2D eigenvalue weighted by Gasteiger charge is 2.36. The van der Waals surface area contributed by atoms with Crippen LogP contribution in [-0.4, -0.2) is 62.0 Å². The van der Waals surface area contributed by atoms with E-state index in [-0.39, 0.29) is 30.2 Å². The molecule has 0 aromatic heterocycles. The lowest BCUT2D eigenvalue weighted by Crippen LogP contribution is -2.55. The zero-order valence-corrected chi connectivity index (χ0v) is 17.6. The summed E-state index contributed by atoms with van der Waals surface area (Å²) in [6.45, 7) is 11.5. The monoisotopic (exact) mass is 381 g/mol. The quantitative estimate of drug-likeness (QED) is 0.515. The molecule has 0 spiro atoms. The van der Waals surface area contributed by atoms with E-state index >= 15 is 0 Å². The van der Waals surface area contributed by atoms with Gasteiger partial charge in [-0.25, -0.2) is 4.79 Å². The first-order chi connectivity index (χ1) is 12.6. The van der Waals surface area contributed by atoms with Crippen molar-refractivity contribution in [2.75, 3.05) is 33.3 Å². The Bertz CT molecular complexity index is 560. The SMILES string of the molecule is CCOC(=O)/C(C)=C/CN(C)C(=O)C(NC(=O)C1CCNCC1)C(C)(C)C. The van der Waals surface area contributed by atoms with E-state index in [0.29, 0.717) is 12.2 Å². The van der Waals surface area contributed by atoms with Gasteiger partial charge in [-0.1, -0.05) is 26.8 Å². The highest BCUT2D eigenvalue weighted by molar-refractivity contribution is 5.90. The first-order valence-electron chi connectivity index (χ1n) is 9.67. The smallest absolute Gasteiger partial charge is 0.333 e. The van der Waals surface area contributed by atoms with Crippen molar-refractivity contribution in [3.8, 4) is 0 Å². The van der Waals surface area contributed by atoms with Crippen LogP contribution in [0.2, 0.25) is 0 Å². The molecule has 1 saturated heterocycles. The first kappa shape index (κ1) is 23.1. The standard InChI is InChI=1S/C20H35N3O4/c1-7-27-19(26)14(2)10-13-23(6)18(25)16(20(3,4)5)22-17(24)15-8-11-21-12-9-15/h10,15-16,21H,7-9,11-13H2,1-6H3,(H,22,24)/b14-10+. The van der Waals surface area contributed by atoms with Crippen LogP contribution < -0.4 is 10.6 Å². The van der Waals surface area contributed by atoms with Crippen LogP contribution in [0.5, 0.6) is 0 Å². The van der Waals surface area contributed by atoms with Crippen LogP contribution in [0.4, 0.5) is 0 Å². The van der Waals surface area contributed by atoms with E-state index in [1.807, 2.05) is 20.8 Å².